The molecular formula is C48H32N2. The lowest BCUT2D eigenvalue weighted by atomic mass is 9.93. The summed E-state index contributed by atoms with van der Waals surface area (Å²) in [5.41, 5.74) is 9.30. The maximum atomic E-state index is 2.44. The first-order valence-electron chi connectivity index (χ1n) is 17.2. The van der Waals surface area contributed by atoms with Gasteiger partial charge >= 0.3 is 0 Å². The third-order valence-corrected chi connectivity index (χ3v) is 10.1. The zero-order valence-corrected chi connectivity index (χ0v) is 27.4. The van der Waals surface area contributed by atoms with Crippen LogP contribution in [0.3, 0.4) is 0 Å². The number of fused-ring (bicyclic) bond motifs is 9. The molecule has 2 heteroatoms. The number of para-hydroxylation sites is 2. The maximum Gasteiger partial charge on any atom is 0.0561 e. The van der Waals surface area contributed by atoms with E-state index in [9.17, 15) is 0 Å². The summed E-state index contributed by atoms with van der Waals surface area (Å²) in [5.74, 6) is 0. The van der Waals surface area contributed by atoms with E-state index in [1.54, 1.807) is 0 Å². The van der Waals surface area contributed by atoms with Crippen LogP contribution < -0.4 is 4.90 Å². The number of anilines is 3. The Morgan fingerprint density at radius 1 is 0.320 bits per heavy atom. The fourth-order valence-electron chi connectivity index (χ4n) is 7.96. The Balaban J connectivity index is 1.27. The normalized spacial score (nSPS) is 11.6. The van der Waals surface area contributed by atoms with Crippen molar-refractivity contribution >= 4 is 71.2 Å². The minimum absolute atomic E-state index is 1.11. The molecule has 0 spiro atoms. The van der Waals surface area contributed by atoms with Gasteiger partial charge < -0.3 is 9.47 Å². The number of hydrogen-bond donors (Lipinski definition) is 0. The molecule has 9 aromatic carbocycles. The molecule has 1 heterocycles. The average molecular weight is 637 g/mol. The summed E-state index contributed by atoms with van der Waals surface area (Å²) in [7, 11) is 0. The van der Waals surface area contributed by atoms with Crippen LogP contribution in [0.1, 0.15) is 0 Å². The van der Waals surface area contributed by atoms with Crippen LogP contribution in [0.5, 0.6) is 0 Å². The summed E-state index contributed by atoms with van der Waals surface area (Å²) in [6.07, 6.45) is 0. The Morgan fingerprint density at radius 2 is 0.860 bits per heavy atom. The van der Waals surface area contributed by atoms with Crippen LogP contribution in [0.25, 0.3) is 70.9 Å². The summed E-state index contributed by atoms with van der Waals surface area (Å²) in [6.45, 7) is 0. The second kappa shape index (κ2) is 11.5. The molecule has 0 unspecified atom stereocenters. The third kappa shape index (κ3) is 4.43. The molecule has 0 amide bonds. The van der Waals surface area contributed by atoms with Crippen LogP contribution in [0, 0.1) is 0 Å². The number of hydrogen-bond acceptors (Lipinski definition) is 1. The number of aromatic nitrogens is 1. The molecule has 0 aliphatic heterocycles. The zero-order chi connectivity index (χ0) is 33.0. The summed E-state index contributed by atoms with van der Waals surface area (Å²) in [6, 6.07) is 70.5. The molecule has 0 fully saturated rings. The van der Waals surface area contributed by atoms with Gasteiger partial charge in [-0.15, -0.1) is 0 Å². The highest BCUT2D eigenvalue weighted by atomic mass is 15.1. The zero-order valence-electron chi connectivity index (χ0n) is 27.4. The number of benzene rings is 9. The van der Waals surface area contributed by atoms with Crippen molar-refractivity contribution in [3.05, 3.63) is 194 Å². The molecule has 0 radical (unpaired) electrons. The molecule has 0 saturated carbocycles. The second-order valence-corrected chi connectivity index (χ2v) is 12.9. The molecule has 2 nitrogen and oxygen atoms in total. The largest absolute Gasteiger partial charge is 0.310 e. The maximum absolute atomic E-state index is 2.44. The fourth-order valence-corrected chi connectivity index (χ4v) is 7.96. The van der Waals surface area contributed by atoms with Gasteiger partial charge in [0.15, 0.2) is 0 Å². The standard InChI is InChI=1S/C48H32N2/c1-3-15-33(16-4-1)34-17-13-20-36(31-34)50-45-27-12-11-24-41(45)42-30-29-37(32-47(42)50)49(35-18-5-2-6-19-35)46-28-14-26-44-40-22-8-7-21-38(40)39-23-9-10-25-43(39)48(44)46/h1-32H. The predicted octanol–water partition coefficient (Wildman–Crippen LogP) is 13.4. The summed E-state index contributed by atoms with van der Waals surface area (Å²) >= 11 is 0. The van der Waals surface area contributed by atoms with Gasteiger partial charge in [0.2, 0.25) is 0 Å². The highest BCUT2D eigenvalue weighted by molar-refractivity contribution is 6.28. The van der Waals surface area contributed by atoms with Crippen molar-refractivity contribution in [1.29, 1.82) is 0 Å². The third-order valence-electron chi connectivity index (χ3n) is 10.1. The SMILES string of the molecule is c1ccc(-c2cccc(-n3c4ccccc4c4ccc(N(c5ccccc5)c5cccc6c7ccccc7c7ccccc7c56)cc43)c2)cc1. The van der Waals surface area contributed by atoms with E-state index in [1.165, 1.54) is 65.3 Å². The second-order valence-electron chi connectivity index (χ2n) is 12.9. The smallest absolute Gasteiger partial charge is 0.0561 e. The van der Waals surface area contributed by atoms with Crippen LogP contribution in [-0.4, -0.2) is 4.57 Å². The van der Waals surface area contributed by atoms with E-state index in [0.717, 1.165) is 22.7 Å². The summed E-state index contributed by atoms with van der Waals surface area (Å²) < 4.78 is 2.43. The van der Waals surface area contributed by atoms with E-state index in [0.29, 0.717) is 0 Å². The molecule has 0 N–H and O–H groups in total. The van der Waals surface area contributed by atoms with E-state index in [-0.39, 0.29) is 0 Å². The van der Waals surface area contributed by atoms with E-state index < -0.39 is 0 Å². The molecule has 0 saturated heterocycles. The van der Waals surface area contributed by atoms with Crippen molar-refractivity contribution in [3.8, 4) is 16.8 Å². The molecule has 0 atom stereocenters. The Hall–Kier alpha value is -6.64. The first-order chi connectivity index (χ1) is 24.8. The highest BCUT2D eigenvalue weighted by Crippen LogP contribution is 2.46. The molecule has 0 bridgehead atoms. The molecular weight excluding hydrogens is 605 g/mol. The molecule has 10 aromatic rings. The molecule has 50 heavy (non-hydrogen) atoms. The van der Waals surface area contributed by atoms with Crippen LogP contribution in [-0.2, 0) is 0 Å². The van der Waals surface area contributed by atoms with E-state index >= 15 is 0 Å². The topological polar surface area (TPSA) is 8.17 Å². The van der Waals surface area contributed by atoms with Crippen molar-refractivity contribution < 1.29 is 0 Å². The molecule has 0 aliphatic carbocycles. The van der Waals surface area contributed by atoms with Gasteiger partial charge in [0.1, 0.15) is 0 Å². The number of nitrogens with zero attached hydrogens (tertiary/aromatic N) is 2. The van der Waals surface area contributed by atoms with Gasteiger partial charge in [0.05, 0.1) is 16.7 Å². The van der Waals surface area contributed by atoms with Crippen molar-refractivity contribution in [2.45, 2.75) is 0 Å². The monoisotopic (exact) mass is 636 g/mol. The van der Waals surface area contributed by atoms with Gasteiger partial charge in [0.25, 0.3) is 0 Å². The van der Waals surface area contributed by atoms with Crippen LogP contribution in [0.4, 0.5) is 17.1 Å². The molecule has 0 aliphatic rings. The van der Waals surface area contributed by atoms with Gasteiger partial charge in [-0.3, -0.25) is 0 Å². The lowest BCUT2D eigenvalue weighted by Gasteiger charge is -2.28. The first-order valence-corrected chi connectivity index (χ1v) is 17.2. The van der Waals surface area contributed by atoms with Crippen LogP contribution >= 0.6 is 0 Å². The molecule has 1 aromatic heterocycles. The Morgan fingerprint density at radius 3 is 1.60 bits per heavy atom. The first kappa shape index (κ1) is 28.4. The van der Waals surface area contributed by atoms with Crippen molar-refractivity contribution in [3.63, 3.8) is 0 Å². The quantitative estimate of drug-likeness (QED) is 0.171. The van der Waals surface area contributed by atoms with Gasteiger partial charge in [-0.1, -0.05) is 146 Å². The van der Waals surface area contributed by atoms with Crippen molar-refractivity contribution in [1.82, 2.24) is 4.57 Å². The van der Waals surface area contributed by atoms with E-state index in [1.807, 2.05) is 0 Å². The predicted molar refractivity (Wildman–Crippen MR) is 213 cm³/mol. The lowest BCUT2D eigenvalue weighted by molar-refractivity contribution is 1.18. The fraction of sp³-hybridized carbons (Fsp3) is 0. The van der Waals surface area contributed by atoms with Crippen molar-refractivity contribution in [2.75, 3.05) is 4.90 Å². The highest BCUT2D eigenvalue weighted by Gasteiger charge is 2.21. The summed E-state index contributed by atoms with van der Waals surface area (Å²) in [5, 5.41) is 10.1. The Labute approximate surface area is 290 Å². The minimum Gasteiger partial charge on any atom is -0.310 e. The van der Waals surface area contributed by atoms with E-state index in [4.69, 9.17) is 0 Å². The Kier molecular flexibility index (Phi) is 6.53. The van der Waals surface area contributed by atoms with Gasteiger partial charge in [-0.05, 0) is 86.6 Å². The van der Waals surface area contributed by atoms with E-state index in [2.05, 4.69) is 204 Å². The minimum atomic E-state index is 1.11. The van der Waals surface area contributed by atoms with Gasteiger partial charge in [-0.25, -0.2) is 0 Å². The van der Waals surface area contributed by atoms with Crippen LogP contribution in [0.15, 0.2) is 194 Å². The van der Waals surface area contributed by atoms with Crippen molar-refractivity contribution in [2.24, 2.45) is 0 Å². The summed E-state index contributed by atoms with van der Waals surface area (Å²) in [4.78, 5) is 2.44. The average Bonchev–Trinajstić information content (AvgIpc) is 3.53. The number of rotatable bonds is 5. The van der Waals surface area contributed by atoms with Gasteiger partial charge in [-0.2, -0.15) is 0 Å². The molecule has 10 rings (SSSR count). The van der Waals surface area contributed by atoms with Crippen LogP contribution in [0.2, 0.25) is 0 Å². The Bertz CT molecular complexity index is 2820. The molecule has 234 valence electrons. The van der Waals surface area contributed by atoms with Gasteiger partial charge in [0, 0.05) is 33.2 Å². The lowest BCUT2D eigenvalue weighted by Crippen LogP contribution is -2.10.